The van der Waals surface area contributed by atoms with Gasteiger partial charge in [-0.25, -0.2) is 0 Å². The molecule has 31 heavy (non-hydrogen) atoms. The molecule has 7 heteroatoms. The highest BCUT2D eigenvalue weighted by Gasteiger charge is 2.28. The molecular formula is C24H31ClN2O4. The van der Waals surface area contributed by atoms with Gasteiger partial charge in [-0.1, -0.05) is 23.7 Å². The van der Waals surface area contributed by atoms with Crippen LogP contribution >= 0.6 is 11.6 Å². The summed E-state index contributed by atoms with van der Waals surface area (Å²) in [5.41, 5.74) is 1.30. The quantitative estimate of drug-likeness (QED) is 0.653. The number of hydrogen-bond donors (Lipinski definition) is 1. The topological polar surface area (TPSA) is 67.9 Å². The van der Waals surface area contributed by atoms with Crippen molar-refractivity contribution in [3.8, 4) is 11.5 Å². The van der Waals surface area contributed by atoms with Crippen LogP contribution in [0.5, 0.6) is 11.5 Å². The predicted octanol–water partition coefficient (Wildman–Crippen LogP) is 4.37. The average molecular weight is 447 g/mol. The molecule has 0 aliphatic rings. The van der Waals surface area contributed by atoms with Crippen LogP contribution in [0.25, 0.3) is 0 Å². The maximum absolute atomic E-state index is 13.1. The highest BCUT2D eigenvalue weighted by atomic mass is 35.5. The zero-order valence-corrected chi connectivity index (χ0v) is 19.7. The molecule has 0 spiro atoms. The van der Waals surface area contributed by atoms with E-state index in [4.69, 9.17) is 21.1 Å². The van der Waals surface area contributed by atoms with Gasteiger partial charge in [0.15, 0.2) is 6.61 Å². The van der Waals surface area contributed by atoms with E-state index in [1.165, 1.54) is 4.90 Å². The molecule has 0 fully saturated rings. The molecule has 2 aromatic carbocycles. The molecule has 1 atom stereocenters. The van der Waals surface area contributed by atoms with Gasteiger partial charge in [0, 0.05) is 17.1 Å². The summed E-state index contributed by atoms with van der Waals surface area (Å²) in [5, 5.41) is 3.57. The number of carbonyl (C=O) groups excluding carboxylic acids is 2. The Labute approximate surface area is 189 Å². The van der Waals surface area contributed by atoms with Crippen LogP contribution in [0, 0.1) is 6.92 Å². The van der Waals surface area contributed by atoms with E-state index in [-0.39, 0.29) is 25.0 Å². The minimum Gasteiger partial charge on any atom is -0.497 e. The fourth-order valence-electron chi connectivity index (χ4n) is 2.96. The van der Waals surface area contributed by atoms with E-state index >= 15 is 0 Å². The van der Waals surface area contributed by atoms with E-state index in [0.29, 0.717) is 16.5 Å². The second-order valence-corrected chi connectivity index (χ2v) is 8.90. The van der Waals surface area contributed by atoms with Crippen LogP contribution in [-0.4, -0.2) is 42.0 Å². The fraction of sp³-hybridized carbons (Fsp3) is 0.417. The summed E-state index contributed by atoms with van der Waals surface area (Å²) in [6.45, 7) is 9.33. The Balaban J connectivity index is 2.20. The van der Waals surface area contributed by atoms with Gasteiger partial charge in [0.2, 0.25) is 5.91 Å². The zero-order valence-electron chi connectivity index (χ0n) is 19.0. The molecule has 0 bridgehead atoms. The molecule has 0 saturated heterocycles. The van der Waals surface area contributed by atoms with Gasteiger partial charge >= 0.3 is 0 Å². The Morgan fingerprint density at radius 2 is 1.84 bits per heavy atom. The number of methoxy groups -OCH3 is 1. The summed E-state index contributed by atoms with van der Waals surface area (Å²) in [6.07, 6.45) is 0. The number of amides is 2. The third-order valence-electron chi connectivity index (χ3n) is 4.64. The van der Waals surface area contributed by atoms with Crippen molar-refractivity contribution in [1.29, 1.82) is 0 Å². The number of carbonyl (C=O) groups is 2. The summed E-state index contributed by atoms with van der Waals surface area (Å²) in [7, 11) is 1.59. The zero-order chi connectivity index (χ0) is 23.2. The first-order chi connectivity index (χ1) is 14.5. The van der Waals surface area contributed by atoms with Gasteiger partial charge < -0.3 is 19.7 Å². The molecule has 168 valence electrons. The third-order valence-corrected chi connectivity index (χ3v) is 5.07. The summed E-state index contributed by atoms with van der Waals surface area (Å²) >= 11 is 6.05. The van der Waals surface area contributed by atoms with Gasteiger partial charge in [0.1, 0.15) is 17.5 Å². The lowest BCUT2D eigenvalue weighted by molar-refractivity contribution is -0.142. The molecule has 0 aromatic heterocycles. The van der Waals surface area contributed by atoms with Gasteiger partial charge in [-0.3, -0.25) is 9.59 Å². The second-order valence-electron chi connectivity index (χ2n) is 8.49. The Bertz CT molecular complexity index is 924. The molecule has 2 amide bonds. The van der Waals surface area contributed by atoms with Crippen molar-refractivity contribution in [2.75, 3.05) is 13.7 Å². The van der Waals surface area contributed by atoms with Gasteiger partial charge in [-0.05, 0) is 76.1 Å². The summed E-state index contributed by atoms with van der Waals surface area (Å²) in [6, 6.07) is 11.9. The summed E-state index contributed by atoms with van der Waals surface area (Å²) in [4.78, 5) is 27.4. The van der Waals surface area contributed by atoms with Crippen LogP contribution in [-0.2, 0) is 16.1 Å². The molecule has 0 aliphatic heterocycles. The predicted molar refractivity (Wildman–Crippen MR) is 123 cm³/mol. The van der Waals surface area contributed by atoms with Crippen molar-refractivity contribution in [2.24, 2.45) is 0 Å². The van der Waals surface area contributed by atoms with Crippen LogP contribution in [0.1, 0.15) is 38.8 Å². The van der Waals surface area contributed by atoms with Crippen molar-refractivity contribution in [3.05, 3.63) is 58.6 Å². The second kappa shape index (κ2) is 10.5. The van der Waals surface area contributed by atoms with Crippen molar-refractivity contribution in [3.63, 3.8) is 0 Å². The van der Waals surface area contributed by atoms with E-state index < -0.39 is 11.6 Å². The van der Waals surface area contributed by atoms with E-state index in [1.54, 1.807) is 32.2 Å². The van der Waals surface area contributed by atoms with Crippen molar-refractivity contribution >= 4 is 23.4 Å². The summed E-state index contributed by atoms with van der Waals surface area (Å²) in [5.74, 6) is 0.700. The number of benzene rings is 2. The fourth-order valence-corrected chi connectivity index (χ4v) is 3.08. The Morgan fingerprint density at radius 3 is 2.45 bits per heavy atom. The summed E-state index contributed by atoms with van der Waals surface area (Å²) < 4.78 is 11.0. The number of halogens is 1. The molecule has 0 heterocycles. The average Bonchev–Trinajstić information content (AvgIpc) is 2.71. The first-order valence-electron chi connectivity index (χ1n) is 10.1. The first kappa shape index (κ1) is 24.5. The lowest BCUT2D eigenvalue weighted by Gasteiger charge is -2.31. The molecule has 2 rings (SSSR count). The monoisotopic (exact) mass is 446 g/mol. The molecular weight excluding hydrogens is 416 g/mol. The van der Waals surface area contributed by atoms with E-state index in [0.717, 1.165) is 11.1 Å². The van der Waals surface area contributed by atoms with Crippen molar-refractivity contribution < 1.29 is 19.1 Å². The number of ether oxygens (including phenoxy) is 2. The Hall–Kier alpha value is -2.73. The molecule has 0 unspecified atom stereocenters. The molecule has 0 radical (unpaired) electrons. The molecule has 0 saturated carbocycles. The van der Waals surface area contributed by atoms with Gasteiger partial charge in [-0.2, -0.15) is 0 Å². The SMILES string of the molecule is COc1cccc(CN(C(=O)COc2ccc(Cl)c(C)c2)[C@H](C)C(=O)NC(C)(C)C)c1. The molecule has 6 nitrogen and oxygen atoms in total. The van der Waals surface area contributed by atoms with Crippen molar-refractivity contribution in [2.45, 2.75) is 52.7 Å². The number of nitrogens with zero attached hydrogens (tertiary/aromatic N) is 1. The van der Waals surface area contributed by atoms with Crippen LogP contribution in [0.15, 0.2) is 42.5 Å². The van der Waals surface area contributed by atoms with Crippen LogP contribution in [0.3, 0.4) is 0 Å². The Morgan fingerprint density at radius 1 is 1.13 bits per heavy atom. The minimum atomic E-state index is -0.687. The van der Waals surface area contributed by atoms with Crippen LogP contribution in [0.2, 0.25) is 5.02 Å². The van der Waals surface area contributed by atoms with Gasteiger partial charge in [0.25, 0.3) is 5.91 Å². The standard InChI is InChI=1S/C24H31ClN2O4/c1-16-12-20(10-11-21(16)25)31-15-22(28)27(17(2)23(29)26-24(3,4)5)14-18-8-7-9-19(13-18)30-6/h7-13,17H,14-15H2,1-6H3,(H,26,29)/t17-/m1/s1. The Kier molecular flexibility index (Phi) is 8.34. The number of nitrogens with one attached hydrogen (secondary N) is 1. The normalized spacial score (nSPS) is 12.1. The lowest BCUT2D eigenvalue weighted by atomic mass is 10.1. The van der Waals surface area contributed by atoms with Gasteiger partial charge in [0.05, 0.1) is 7.11 Å². The van der Waals surface area contributed by atoms with Gasteiger partial charge in [-0.15, -0.1) is 0 Å². The van der Waals surface area contributed by atoms with E-state index in [2.05, 4.69) is 5.32 Å². The number of rotatable bonds is 8. The van der Waals surface area contributed by atoms with Crippen LogP contribution in [0.4, 0.5) is 0 Å². The largest absolute Gasteiger partial charge is 0.497 e. The minimum absolute atomic E-state index is 0.196. The highest BCUT2D eigenvalue weighted by molar-refractivity contribution is 6.31. The number of hydrogen-bond acceptors (Lipinski definition) is 4. The first-order valence-corrected chi connectivity index (χ1v) is 10.5. The molecule has 2 aromatic rings. The van der Waals surface area contributed by atoms with Crippen LogP contribution < -0.4 is 14.8 Å². The van der Waals surface area contributed by atoms with E-state index in [1.807, 2.05) is 52.0 Å². The molecule has 0 aliphatic carbocycles. The maximum atomic E-state index is 13.1. The lowest BCUT2D eigenvalue weighted by Crippen LogP contribution is -2.53. The highest BCUT2D eigenvalue weighted by Crippen LogP contribution is 2.21. The molecule has 1 N–H and O–H groups in total. The smallest absolute Gasteiger partial charge is 0.261 e. The third kappa shape index (κ3) is 7.47. The van der Waals surface area contributed by atoms with E-state index in [9.17, 15) is 9.59 Å². The van der Waals surface area contributed by atoms with Crippen molar-refractivity contribution in [1.82, 2.24) is 10.2 Å². The maximum Gasteiger partial charge on any atom is 0.261 e. The number of aryl methyl sites for hydroxylation is 1.